The van der Waals surface area contributed by atoms with Gasteiger partial charge < -0.3 is 14.8 Å². The molecule has 4 heteroatoms. The van der Waals surface area contributed by atoms with E-state index in [-0.39, 0.29) is 24.2 Å². The van der Waals surface area contributed by atoms with Crippen molar-refractivity contribution in [3.8, 4) is 0 Å². The summed E-state index contributed by atoms with van der Waals surface area (Å²) < 4.78 is 23.9. The summed E-state index contributed by atoms with van der Waals surface area (Å²) >= 11 is 0. The molecule has 1 rings (SSSR count). The molecule has 17 heavy (non-hydrogen) atoms. The van der Waals surface area contributed by atoms with Gasteiger partial charge in [0, 0.05) is 25.8 Å². The van der Waals surface area contributed by atoms with Gasteiger partial charge in [-0.25, -0.2) is 4.39 Å². The highest BCUT2D eigenvalue weighted by Gasteiger charge is 2.19. The van der Waals surface area contributed by atoms with Crippen LogP contribution < -0.4 is 5.32 Å². The molecular formula is C13H20FNO2. The third kappa shape index (κ3) is 3.77. The van der Waals surface area contributed by atoms with Crippen molar-refractivity contribution in [1.29, 1.82) is 0 Å². The first kappa shape index (κ1) is 14.1. The van der Waals surface area contributed by atoms with Crippen molar-refractivity contribution in [1.82, 2.24) is 5.32 Å². The third-order valence-corrected chi connectivity index (χ3v) is 2.76. The average Bonchev–Trinajstić information content (AvgIpc) is 2.31. The lowest BCUT2D eigenvalue weighted by atomic mass is 10.1. The molecule has 3 nitrogen and oxygen atoms in total. The van der Waals surface area contributed by atoms with E-state index in [1.807, 2.05) is 19.9 Å². The third-order valence-electron chi connectivity index (χ3n) is 2.76. The van der Waals surface area contributed by atoms with Crippen LogP contribution in [0.15, 0.2) is 24.3 Å². The number of methoxy groups -OCH3 is 2. The number of ether oxygens (including phenoxy) is 2. The average molecular weight is 241 g/mol. The summed E-state index contributed by atoms with van der Waals surface area (Å²) in [5, 5.41) is 3.25. The minimum Gasteiger partial charge on any atom is -0.354 e. The fourth-order valence-corrected chi connectivity index (χ4v) is 1.89. The van der Waals surface area contributed by atoms with Crippen LogP contribution in [0.25, 0.3) is 0 Å². The molecule has 1 N–H and O–H groups in total. The summed E-state index contributed by atoms with van der Waals surface area (Å²) in [5.74, 6) is -0.203. The van der Waals surface area contributed by atoms with Crippen molar-refractivity contribution in [3.63, 3.8) is 0 Å². The Morgan fingerprint density at radius 2 is 1.71 bits per heavy atom. The van der Waals surface area contributed by atoms with E-state index in [0.29, 0.717) is 5.56 Å². The van der Waals surface area contributed by atoms with Crippen LogP contribution in [0.3, 0.4) is 0 Å². The maximum Gasteiger partial charge on any atom is 0.171 e. The van der Waals surface area contributed by atoms with Gasteiger partial charge in [0.1, 0.15) is 5.82 Å². The zero-order valence-electron chi connectivity index (χ0n) is 10.7. The van der Waals surface area contributed by atoms with Crippen molar-refractivity contribution in [2.75, 3.05) is 14.2 Å². The molecule has 0 fully saturated rings. The second-order valence-corrected chi connectivity index (χ2v) is 4.04. The molecule has 0 aromatic heterocycles. The van der Waals surface area contributed by atoms with Crippen LogP contribution in [0.4, 0.5) is 4.39 Å². The Kier molecular flexibility index (Phi) is 5.55. The second kappa shape index (κ2) is 6.69. The first-order valence-corrected chi connectivity index (χ1v) is 5.66. The summed E-state index contributed by atoms with van der Waals surface area (Å²) in [6, 6.07) is 6.61. The molecule has 0 aliphatic rings. The number of hydrogen-bond donors (Lipinski definition) is 1. The maximum atomic E-state index is 13.6. The van der Waals surface area contributed by atoms with Crippen LogP contribution in [0.1, 0.15) is 25.5 Å². The van der Waals surface area contributed by atoms with Gasteiger partial charge in [-0.15, -0.1) is 0 Å². The highest BCUT2D eigenvalue weighted by atomic mass is 19.1. The predicted molar refractivity (Wildman–Crippen MR) is 65.2 cm³/mol. The number of rotatable bonds is 6. The molecule has 0 amide bonds. The summed E-state index contributed by atoms with van der Waals surface area (Å²) in [5.41, 5.74) is 0.644. The van der Waals surface area contributed by atoms with E-state index >= 15 is 0 Å². The first-order valence-electron chi connectivity index (χ1n) is 5.66. The van der Waals surface area contributed by atoms with Crippen molar-refractivity contribution >= 4 is 0 Å². The molecular weight excluding hydrogens is 221 g/mol. The van der Waals surface area contributed by atoms with Crippen molar-refractivity contribution in [2.24, 2.45) is 0 Å². The summed E-state index contributed by atoms with van der Waals surface area (Å²) in [6.07, 6.45) is -0.343. The largest absolute Gasteiger partial charge is 0.354 e. The Morgan fingerprint density at radius 1 is 1.12 bits per heavy atom. The van der Waals surface area contributed by atoms with Crippen molar-refractivity contribution in [2.45, 2.75) is 32.2 Å². The van der Waals surface area contributed by atoms with Crippen LogP contribution in [0.5, 0.6) is 0 Å². The van der Waals surface area contributed by atoms with E-state index in [9.17, 15) is 4.39 Å². The molecule has 0 aliphatic carbocycles. The molecule has 2 unspecified atom stereocenters. The topological polar surface area (TPSA) is 30.5 Å². The molecule has 0 saturated carbocycles. The lowest BCUT2D eigenvalue weighted by molar-refractivity contribution is -0.120. The van der Waals surface area contributed by atoms with E-state index in [2.05, 4.69) is 5.32 Å². The Balaban J connectivity index is 2.66. The van der Waals surface area contributed by atoms with Crippen LogP contribution in [-0.4, -0.2) is 26.6 Å². The monoisotopic (exact) mass is 241 g/mol. The van der Waals surface area contributed by atoms with Gasteiger partial charge in [0.25, 0.3) is 0 Å². The van der Waals surface area contributed by atoms with Crippen LogP contribution in [0, 0.1) is 5.82 Å². The zero-order chi connectivity index (χ0) is 12.8. The van der Waals surface area contributed by atoms with E-state index < -0.39 is 0 Å². The summed E-state index contributed by atoms with van der Waals surface area (Å²) in [7, 11) is 3.17. The molecule has 0 spiro atoms. The standard InChI is InChI=1S/C13H20FNO2/c1-9(11-7-5-6-8-12(11)14)15-10(2)13(16-3)17-4/h5-10,13,15H,1-4H3. The minimum absolute atomic E-state index is 0.0281. The quantitative estimate of drug-likeness (QED) is 0.776. The van der Waals surface area contributed by atoms with Gasteiger partial charge in [0.05, 0.1) is 6.04 Å². The number of benzene rings is 1. The van der Waals surface area contributed by atoms with Crippen LogP contribution in [-0.2, 0) is 9.47 Å². The zero-order valence-corrected chi connectivity index (χ0v) is 10.7. The fourth-order valence-electron chi connectivity index (χ4n) is 1.89. The van der Waals surface area contributed by atoms with Gasteiger partial charge in [0.15, 0.2) is 6.29 Å². The van der Waals surface area contributed by atoms with Gasteiger partial charge >= 0.3 is 0 Å². The van der Waals surface area contributed by atoms with Gasteiger partial charge in [-0.3, -0.25) is 0 Å². The van der Waals surface area contributed by atoms with Gasteiger partial charge in [0.2, 0.25) is 0 Å². The highest BCUT2D eigenvalue weighted by molar-refractivity contribution is 5.20. The summed E-state index contributed by atoms with van der Waals surface area (Å²) in [4.78, 5) is 0. The van der Waals surface area contributed by atoms with Crippen LogP contribution in [0.2, 0.25) is 0 Å². The Bertz CT molecular complexity index is 342. The smallest absolute Gasteiger partial charge is 0.171 e. The predicted octanol–water partition coefficient (Wildman–Crippen LogP) is 2.48. The normalized spacial score (nSPS) is 14.9. The number of nitrogens with one attached hydrogen (secondary N) is 1. The molecule has 1 aromatic carbocycles. The molecule has 2 atom stereocenters. The fraction of sp³-hybridized carbons (Fsp3) is 0.538. The van der Waals surface area contributed by atoms with E-state index in [4.69, 9.17) is 9.47 Å². The van der Waals surface area contributed by atoms with Gasteiger partial charge in [-0.1, -0.05) is 18.2 Å². The molecule has 0 bridgehead atoms. The Hall–Kier alpha value is -0.970. The first-order chi connectivity index (χ1) is 8.10. The molecule has 96 valence electrons. The number of hydrogen-bond acceptors (Lipinski definition) is 3. The van der Waals surface area contributed by atoms with E-state index in [1.54, 1.807) is 26.4 Å². The second-order valence-electron chi connectivity index (χ2n) is 4.04. The van der Waals surface area contributed by atoms with Gasteiger partial charge in [-0.2, -0.15) is 0 Å². The minimum atomic E-state index is -0.343. The molecule has 0 heterocycles. The van der Waals surface area contributed by atoms with Crippen molar-refractivity contribution in [3.05, 3.63) is 35.6 Å². The molecule has 0 radical (unpaired) electrons. The lowest BCUT2D eigenvalue weighted by Gasteiger charge is -2.26. The number of halogens is 1. The Labute approximate surface area is 102 Å². The van der Waals surface area contributed by atoms with Crippen LogP contribution >= 0.6 is 0 Å². The van der Waals surface area contributed by atoms with Gasteiger partial charge in [-0.05, 0) is 19.9 Å². The maximum absolute atomic E-state index is 13.6. The van der Waals surface area contributed by atoms with E-state index in [1.165, 1.54) is 6.07 Å². The molecule has 1 aromatic rings. The summed E-state index contributed by atoms with van der Waals surface area (Å²) in [6.45, 7) is 3.85. The van der Waals surface area contributed by atoms with Crippen molar-refractivity contribution < 1.29 is 13.9 Å². The van der Waals surface area contributed by atoms with E-state index in [0.717, 1.165) is 0 Å². The highest BCUT2D eigenvalue weighted by Crippen LogP contribution is 2.17. The Morgan fingerprint density at radius 3 is 2.24 bits per heavy atom. The lowest BCUT2D eigenvalue weighted by Crippen LogP contribution is -2.41. The molecule has 0 saturated heterocycles. The SMILES string of the molecule is COC(OC)C(C)NC(C)c1ccccc1F. The molecule has 0 aliphatic heterocycles.